The Labute approximate surface area is 105 Å². The van der Waals surface area contributed by atoms with Gasteiger partial charge in [0.05, 0.1) is 6.33 Å². The number of carboxylic acids is 1. The summed E-state index contributed by atoms with van der Waals surface area (Å²) in [4.78, 5) is 29.0. The van der Waals surface area contributed by atoms with Gasteiger partial charge in [0.15, 0.2) is 0 Å². The van der Waals surface area contributed by atoms with E-state index in [-0.39, 0.29) is 0 Å². The van der Waals surface area contributed by atoms with Crippen molar-refractivity contribution >= 4 is 12.0 Å². The van der Waals surface area contributed by atoms with E-state index >= 15 is 0 Å². The van der Waals surface area contributed by atoms with Crippen LogP contribution in [0.3, 0.4) is 0 Å². The quantitative estimate of drug-likeness (QED) is 0.568. The Morgan fingerprint density at radius 3 is 2.89 bits per heavy atom. The maximum Gasteiger partial charge on any atom is 0.326 e. The van der Waals surface area contributed by atoms with Crippen molar-refractivity contribution in [2.75, 3.05) is 6.54 Å². The van der Waals surface area contributed by atoms with Gasteiger partial charge in [-0.15, -0.1) is 0 Å². The van der Waals surface area contributed by atoms with Gasteiger partial charge in [0.2, 0.25) is 0 Å². The highest BCUT2D eigenvalue weighted by atomic mass is 16.4. The number of aliphatic carboxylic acids is 1. The molecule has 0 saturated carbocycles. The summed E-state index contributed by atoms with van der Waals surface area (Å²) < 4.78 is 0. The van der Waals surface area contributed by atoms with Crippen molar-refractivity contribution in [3.8, 4) is 0 Å². The van der Waals surface area contributed by atoms with Crippen LogP contribution < -0.4 is 10.6 Å². The van der Waals surface area contributed by atoms with E-state index in [2.05, 4.69) is 20.6 Å². The van der Waals surface area contributed by atoms with Gasteiger partial charge in [-0.1, -0.05) is 13.3 Å². The van der Waals surface area contributed by atoms with Crippen molar-refractivity contribution < 1.29 is 14.7 Å². The SMILES string of the molecule is CCCC(NC(=O)NCCc1cnc[nH]1)C(=O)O. The van der Waals surface area contributed by atoms with Gasteiger partial charge in [-0.05, 0) is 6.42 Å². The minimum Gasteiger partial charge on any atom is -0.480 e. The molecular weight excluding hydrogens is 236 g/mol. The van der Waals surface area contributed by atoms with Gasteiger partial charge in [-0.2, -0.15) is 0 Å². The van der Waals surface area contributed by atoms with Crippen LogP contribution in [-0.4, -0.2) is 39.7 Å². The third-order valence-electron chi connectivity index (χ3n) is 2.42. The fourth-order valence-electron chi connectivity index (χ4n) is 1.49. The molecule has 1 atom stereocenters. The maximum atomic E-state index is 11.4. The lowest BCUT2D eigenvalue weighted by atomic mass is 10.2. The summed E-state index contributed by atoms with van der Waals surface area (Å²) in [5.74, 6) is -1.01. The first-order chi connectivity index (χ1) is 8.63. The van der Waals surface area contributed by atoms with E-state index in [9.17, 15) is 9.59 Å². The second-order valence-electron chi connectivity index (χ2n) is 3.91. The van der Waals surface area contributed by atoms with Gasteiger partial charge < -0.3 is 20.7 Å². The molecule has 1 aromatic rings. The molecule has 18 heavy (non-hydrogen) atoms. The van der Waals surface area contributed by atoms with Crippen LogP contribution in [0.5, 0.6) is 0 Å². The van der Waals surface area contributed by atoms with Crippen molar-refractivity contribution in [2.24, 2.45) is 0 Å². The molecule has 0 aliphatic rings. The summed E-state index contributed by atoms with van der Waals surface area (Å²) >= 11 is 0. The second kappa shape index (κ2) is 7.31. The van der Waals surface area contributed by atoms with Crippen molar-refractivity contribution in [1.29, 1.82) is 0 Å². The number of carbonyl (C=O) groups is 2. The average Bonchev–Trinajstić information content (AvgIpc) is 2.81. The largest absolute Gasteiger partial charge is 0.480 e. The predicted octanol–water partition coefficient (Wildman–Crippen LogP) is 0.505. The molecule has 2 amide bonds. The number of carbonyl (C=O) groups excluding carboxylic acids is 1. The second-order valence-corrected chi connectivity index (χ2v) is 3.91. The number of aromatic nitrogens is 2. The molecule has 0 saturated heterocycles. The van der Waals surface area contributed by atoms with E-state index in [0.29, 0.717) is 25.8 Å². The van der Waals surface area contributed by atoms with Crippen molar-refractivity contribution in [3.05, 3.63) is 18.2 Å². The van der Waals surface area contributed by atoms with E-state index in [4.69, 9.17) is 5.11 Å². The number of carboxylic acid groups (broad SMARTS) is 1. The van der Waals surface area contributed by atoms with Crippen LogP contribution in [0.15, 0.2) is 12.5 Å². The third-order valence-corrected chi connectivity index (χ3v) is 2.42. The molecule has 7 nitrogen and oxygen atoms in total. The molecule has 0 bridgehead atoms. The number of hydrogen-bond donors (Lipinski definition) is 4. The van der Waals surface area contributed by atoms with Crippen LogP contribution in [0, 0.1) is 0 Å². The van der Waals surface area contributed by atoms with Gasteiger partial charge in [-0.3, -0.25) is 0 Å². The van der Waals surface area contributed by atoms with E-state index in [1.807, 2.05) is 6.92 Å². The zero-order chi connectivity index (χ0) is 13.4. The summed E-state index contributed by atoms with van der Waals surface area (Å²) in [6.45, 7) is 2.29. The Morgan fingerprint density at radius 2 is 2.33 bits per heavy atom. The smallest absolute Gasteiger partial charge is 0.326 e. The fourth-order valence-corrected chi connectivity index (χ4v) is 1.49. The average molecular weight is 254 g/mol. The summed E-state index contributed by atoms with van der Waals surface area (Å²) in [5.41, 5.74) is 0.915. The van der Waals surface area contributed by atoms with Crippen LogP contribution in [0.1, 0.15) is 25.5 Å². The number of urea groups is 1. The van der Waals surface area contributed by atoms with Crippen LogP contribution in [0.4, 0.5) is 4.79 Å². The topological polar surface area (TPSA) is 107 Å². The van der Waals surface area contributed by atoms with Crippen molar-refractivity contribution in [3.63, 3.8) is 0 Å². The highest BCUT2D eigenvalue weighted by molar-refractivity contribution is 5.82. The Balaban J connectivity index is 2.25. The predicted molar refractivity (Wildman–Crippen MR) is 65.2 cm³/mol. The number of aromatic amines is 1. The first-order valence-electron chi connectivity index (χ1n) is 5.88. The maximum absolute atomic E-state index is 11.4. The molecule has 0 fully saturated rings. The van der Waals surface area contributed by atoms with E-state index < -0.39 is 18.0 Å². The number of rotatable bonds is 7. The molecule has 0 radical (unpaired) electrons. The summed E-state index contributed by atoms with van der Waals surface area (Å²) in [6, 6.07) is -1.29. The molecular formula is C11H18N4O3. The van der Waals surface area contributed by atoms with Gasteiger partial charge in [0.25, 0.3) is 0 Å². The molecule has 1 aromatic heterocycles. The van der Waals surface area contributed by atoms with Crippen molar-refractivity contribution in [1.82, 2.24) is 20.6 Å². The van der Waals surface area contributed by atoms with E-state index in [1.54, 1.807) is 12.5 Å². The summed E-state index contributed by atoms with van der Waals surface area (Å²) in [7, 11) is 0. The molecule has 100 valence electrons. The molecule has 0 aliphatic heterocycles. The highest BCUT2D eigenvalue weighted by Gasteiger charge is 2.18. The lowest BCUT2D eigenvalue weighted by Crippen LogP contribution is -2.46. The number of H-pyrrole nitrogens is 1. The van der Waals surface area contributed by atoms with Crippen LogP contribution in [0.2, 0.25) is 0 Å². The minimum atomic E-state index is -1.01. The highest BCUT2D eigenvalue weighted by Crippen LogP contribution is 1.96. The summed E-state index contributed by atoms with van der Waals surface area (Å²) in [6.07, 6.45) is 4.99. The standard InChI is InChI=1S/C11H18N4O3/c1-2-3-9(10(16)17)15-11(18)13-5-4-8-6-12-7-14-8/h6-7,9H,2-5H2,1H3,(H,12,14)(H,16,17)(H2,13,15,18). The fraction of sp³-hybridized carbons (Fsp3) is 0.545. The van der Waals surface area contributed by atoms with Crippen molar-refractivity contribution in [2.45, 2.75) is 32.2 Å². The molecule has 0 aromatic carbocycles. The Morgan fingerprint density at radius 1 is 1.56 bits per heavy atom. The Bertz CT molecular complexity index is 378. The summed E-state index contributed by atoms with van der Waals surface area (Å²) in [5, 5.41) is 13.9. The monoisotopic (exact) mass is 254 g/mol. The van der Waals surface area contributed by atoms with Gasteiger partial charge in [-0.25, -0.2) is 14.6 Å². The van der Waals surface area contributed by atoms with Gasteiger partial charge >= 0.3 is 12.0 Å². The molecule has 1 heterocycles. The first kappa shape index (κ1) is 14.0. The van der Waals surface area contributed by atoms with Crippen LogP contribution in [0.25, 0.3) is 0 Å². The lowest BCUT2D eigenvalue weighted by Gasteiger charge is -2.14. The molecule has 7 heteroatoms. The van der Waals surface area contributed by atoms with E-state index in [0.717, 1.165) is 5.69 Å². The lowest BCUT2D eigenvalue weighted by molar-refractivity contribution is -0.139. The van der Waals surface area contributed by atoms with Gasteiger partial charge in [0.1, 0.15) is 6.04 Å². The molecule has 1 unspecified atom stereocenters. The van der Waals surface area contributed by atoms with E-state index in [1.165, 1.54) is 0 Å². The normalized spacial score (nSPS) is 11.8. The number of imidazole rings is 1. The Kier molecular flexibility index (Phi) is 5.69. The number of hydrogen-bond acceptors (Lipinski definition) is 3. The molecule has 0 aliphatic carbocycles. The first-order valence-corrected chi connectivity index (χ1v) is 5.88. The van der Waals surface area contributed by atoms with Crippen LogP contribution in [-0.2, 0) is 11.2 Å². The number of nitrogens with one attached hydrogen (secondary N) is 3. The molecule has 1 rings (SSSR count). The Hall–Kier alpha value is -2.05. The zero-order valence-electron chi connectivity index (χ0n) is 10.3. The number of amides is 2. The minimum absolute atomic E-state index is 0.420. The molecule has 0 spiro atoms. The molecule has 4 N–H and O–H groups in total. The van der Waals surface area contributed by atoms with Crippen LogP contribution >= 0.6 is 0 Å². The third kappa shape index (κ3) is 4.86. The zero-order valence-corrected chi connectivity index (χ0v) is 10.3. The van der Waals surface area contributed by atoms with Gasteiger partial charge in [0, 0.05) is 24.9 Å². The number of nitrogens with zero attached hydrogens (tertiary/aromatic N) is 1.